The van der Waals surface area contributed by atoms with Crippen LogP contribution >= 0.6 is 22.9 Å². The van der Waals surface area contributed by atoms with Crippen molar-refractivity contribution in [2.75, 3.05) is 10.6 Å². The molecule has 0 fully saturated rings. The SMILES string of the molecule is O=C(Nc1ccc(-c2csc(-c3ccccc3)n2)cc1)Nc1cccc(Cl)c1. The number of thiazole rings is 1. The molecular formula is C22H16ClN3OS. The quantitative estimate of drug-likeness (QED) is 0.393. The molecule has 0 unspecified atom stereocenters. The highest BCUT2D eigenvalue weighted by Crippen LogP contribution is 2.29. The number of hydrogen-bond donors (Lipinski definition) is 2. The topological polar surface area (TPSA) is 54.0 Å². The highest BCUT2D eigenvalue weighted by Gasteiger charge is 2.08. The van der Waals surface area contributed by atoms with Crippen LogP contribution in [0.3, 0.4) is 0 Å². The van der Waals surface area contributed by atoms with Crippen LogP contribution in [0.5, 0.6) is 0 Å². The average Bonchev–Trinajstić information content (AvgIpc) is 3.19. The van der Waals surface area contributed by atoms with Crippen LogP contribution in [-0.4, -0.2) is 11.0 Å². The van der Waals surface area contributed by atoms with E-state index in [-0.39, 0.29) is 6.03 Å². The van der Waals surface area contributed by atoms with Crippen molar-refractivity contribution in [2.45, 2.75) is 0 Å². The van der Waals surface area contributed by atoms with Gasteiger partial charge in [-0.05, 0) is 30.3 Å². The monoisotopic (exact) mass is 405 g/mol. The van der Waals surface area contributed by atoms with Gasteiger partial charge in [-0.2, -0.15) is 0 Å². The van der Waals surface area contributed by atoms with Gasteiger partial charge >= 0.3 is 6.03 Å². The third-order valence-electron chi connectivity index (χ3n) is 4.05. The summed E-state index contributed by atoms with van der Waals surface area (Å²) in [5.41, 5.74) is 4.35. The van der Waals surface area contributed by atoms with E-state index in [4.69, 9.17) is 16.6 Å². The second-order valence-corrected chi connectivity index (χ2v) is 7.37. The van der Waals surface area contributed by atoms with Crippen molar-refractivity contribution in [3.05, 3.63) is 89.3 Å². The molecule has 4 nitrogen and oxygen atoms in total. The Bertz CT molecular complexity index is 1090. The maximum absolute atomic E-state index is 12.1. The van der Waals surface area contributed by atoms with Gasteiger partial charge < -0.3 is 10.6 Å². The Hall–Kier alpha value is -3.15. The first-order valence-electron chi connectivity index (χ1n) is 8.62. The van der Waals surface area contributed by atoms with E-state index in [0.29, 0.717) is 16.4 Å². The number of halogens is 1. The van der Waals surface area contributed by atoms with Crippen LogP contribution < -0.4 is 10.6 Å². The van der Waals surface area contributed by atoms with Crippen molar-refractivity contribution >= 4 is 40.3 Å². The number of anilines is 2. The van der Waals surface area contributed by atoms with Crippen LogP contribution in [0.4, 0.5) is 16.2 Å². The Morgan fingerprint density at radius 3 is 2.32 bits per heavy atom. The Morgan fingerprint density at radius 2 is 1.57 bits per heavy atom. The Balaban J connectivity index is 1.43. The summed E-state index contributed by atoms with van der Waals surface area (Å²) >= 11 is 7.54. The van der Waals surface area contributed by atoms with E-state index in [2.05, 4.69) is 10.6 Å². The summed E-state index contributed by atoms with van der Waals surface area (Å²) in [4.78, 5) is 16.8. The van der Waals surface area contributed by atoms with Crippen LogP contribution in [0, 0.1) is 0 Å². The lowest BCUT2D eigenvalue weighted by Gasteiger charge is -2.08. The largest absolute Gasteiger partial charge is 0.323 e. The predicted molar refractivity (Wildman–Crippen MR) is 117 cm³/mol. The first kappa shape index (κ1) is 18.2. The molecule has 0 aliphatic rings. The molecule has 0 atom stereocenters. The minimum Gasteiger partial charge on any atom is -0.308 e. The normalized spacial score (nSPS) is 10.5. The number of urea groups is 1. The number of rotatable bonds is 4. The zero-order valence-corrected chi connectivity index (χ0v) is 16.3. The van der Waals surface area contributed by atoms with Gasteiger partial charge in [0.15, 0.2) is 0 Å². The van der Waals surface area contributed by atoms with Gasteiger partial charge in [0.25, 0.3) is 0 Å². The fourth-order valence-electron chi connectivity index (χ4n) is 2.70. The molecule has 28 heavy (non-hydrogen) atoms. The molecule has 6 heteroatoms. The second-order valence-electron chi connectivity index (χ2n) is 6.07. The highest BCUT2D eigenvalue weighted by atomic mass is 35.5. The first-order chi connectivity index (χ1) is 13.7. The van der Waals surface area contributed by atoms with Crippen molar-refractivity contribution in [2.24, 2.45) is 0 Å². The van der Waals surface area contributed by atoms with Crippen molar-refractivity contribution in [3.8, 4) is 21.8 Å². The molecule has 2 amide bonds. The van der Waals surface area contributed by atoms with Crippen LogP contribution in [0.15, 0.2) is 84.2 Å². The molecule has 0 saturated carbocycles. The van der Waals surface area contributed by atoms with Crippen LogP contribution in [-0.2, 0) is 0 Å². The molecular weight excluding hydrogens is 390 g/mol. The van der Waals surface area contributed by atoms with E-state index in [9.17, 15) is 4.79 Å². The molecule has 138 valence electrons. The number of nitrogens with zero attached hydrogens (tertiary/aromatic N) is 1. The van der Waals surface area contributed by atoms with E-state index in [0.717, 1.165) is 21.8 Å². The predicted octanol–water partition coefficient (Wildman–Crippen LogP) is 6.77. The lowest BCUT2D eigenvalue weighted by atomic mass is 10.1. The standard InChI is InChI=1S/C22H16ClN3OS/c23-17-7-4-8-19(13-17)25-22(27)24-18-11-9-15(10-12-18)20-14-28-21(26-20)16-5-2-1-3-6-16/h1-14H,(H2,24,25,27). The molecule has 4 aromatic rings. The lowest BCUT2D eigenvalue weighted by Crippen LogP contribution is -2.19. The van der Waals surface area contributed by atoms with Gasteiger partial charge in [-0.1, -0.05) is 60.1 Å². The van der Waals surface area contributed by atoms with Gasteiger partial charge in [0, 0.05) is 32.9 Å². The van der Waals surface area contributed by atoms with Crippen LogP contribution in [0.25, 0.3) is 21.8 Å². The van der Waals surface area contributed by atoms with Gasteiger partial charge in [-0.3, -0.25) is 0 Å². The third-order valence-corrected chi connectivity index (χ3v) is 5.17. The van der Waals surface area contributed by atoms with Crippen molar-refractivity contribution in [1.29, 1.82) is 0 Å². The molecule has 0 bridgehead atoms. The third kappa shape index (κ3) is 4.39. The minimum absolute atomic E-state index is 0.324. The maximum Gasteiger partial charge on any atom is 0.323 e. The fraction of sp³-hybridized carbons (Fsp3) is 0. The number of hydrogen-bond acceptors (Lipinski definition) is 3. The summed E-state index contributed by atoms with van der Waals surface area (Å²) < 4.78 is 0. The maximum atomic E-state index is 12.1. The zero-order chi connectivity index (χ0) is 19.3. The number of carbonyl (C=O) groups excluding carboxylic acids is 1. The Labute approximate surface area is 171 Å². The van der Waals surface area contributed by atoms with Gasteiger partial charge in [-0.15, -0.1) is 11.3 Å². The molecule has 0 radical (unpaired) electrons. The number of benzene rings is 3. The van der Waals surface area contributed by atoms with E-state index in [1.807, 2.05) is 60.0 Å². The van der Waals surface area contributed by atoms with Crippen molar-refractivity contribution in [1.82, 2.24) is 4.98 Å². The highest BCUT2D eigenvalue weighted by molar-refractivity contribution is 7.13. The molecule has 1 heterocycles. The van der Waals surface area contributed by atoms with E-state index in [1.54, 1.807) is 35.6 Å². The average molecular weight is 406 g/mol. The number of amides is 2. The summed E-state index contributed by atoms with van der Waals surface area (Å²) in [6, 6.07) is 24.4. The summed E-state index contributed by atoms with van der Waals surface area (Å²) in [7, 11) is 0. The van der Waals surface area contributed by atoms with Gasteiger partial charge in [-0.25, -0.2) is 9.78 Å². The van der Waals surface area contributed by atoms with Crippen LogP contribution in [0.1, 0.15) is 0 Å². The number of aromatic nitrogens is 1. The number of carbonyl (C=O) groups is 1. The zero-order valence-electron chi connectivity index (χ0n) is 14.7. The smallest absolute Gasteiger partial charge is 0.308 e. The lowest BCUT2D eigenvalue weighted by molar-refractivity contribution is 0.262. The molecule has 1 aromatic heterocycles. The molecule has 0 aliphatic heterocycles. The Kier molecular flexibility index (Phi) is 5.37. The van der Waals surface area contributed by atoms with E-state index >= 15 is 0 Å². The summed E-state index contributed by atoms with van der Waals surface area (Å²) in [5, 5.41) is 9.16. The second kappa shape index (κ2) is 8.25. The molecule has 4 rings (SSSR count). The van der Waals surface area contributed by atoms with Gasteiger partial charge in [0.05, 0.1) is 5.69 Å². The van der Waals surface area contributed by atoms with Crippen molar-refractivity contribution < 1.29 is 4.79 Å². The first-order valence-corrected chi connectivity index (χ1v) is 9.88. The number of nitrogens with one attached hydrogen (secondary N) is 2. The van der Waals surface area contributed by atoms with Gasteiger partial charge in [0.1, 0.15) is 5.01 Å². The van der Waals surface area contributed by atoms with E-state index < -0.39 is 0 Å². The summed E-state index contributed by atoms with van der Waals surface area (Å²) in [5.74, 6) is 0. The molecule has 0 spiro atoms. The molecule has 0 saturated heterocycles. The summed E-state index contributed by atoms with van der Waals surface area (Å²) in [6.45, 7) is 0. The molecule has 2 N–H and O–H groups in total. The minimum atomic E-state index is -0.324. The van der Waals surface area contributed by atoms with E-state index in [1.165, 1.54) is 0 Å². The fourth-order valence-corrected chi connectivity index (χ4v) is 3.73. The molecule has 0 aliphatic carbocycles. The van der Waals surface area contributed by atoms with Crippen LogP contribution in [0.2, 0.25) is 5.02 Å². The summed E-state index contributed by atoms with van der Waals surface area (Å²) in [6.07, 6.45) is 0. The molecule has 3 aromatic carbocycles. The Morgan fingerprint density at radius 1 is 0.821 bits per heavy atom. The van der Waals surface area contributed by atoms with Crippen molar-refractivity contribution in [3.63, 3.8) is 0 Å². The van der Waals surface area contributed by atoms with Gasteiger partial charge in [0.2, 0.25) is 0 Å².